The Bertz CT molecular complexity index is 711. The molecule has 6 nitrogen and oxygen atoms in total. The second-order valence-corrected chi connectivity index (χ2v) is 9.30. The van der Waals surface area contributed by atoms with Crippen LogP contribution in [0.5, 0.6) is 0 Å². The van der Waals surface area contributed by atoms with Gasteiger partial charge in [-0.15, -0.1) is 0 Å². The molecule has 1 N–H and O–H groups in total. The zero-order valence-corrected chi connectivity index (χ0v) is 18.7. The van der Waals surface area contributed by atoms with Gasteiger partial charge in [-0.05, 0) is 18.9 Å². The van der Waals surface area contributed by atoms with Crippen LogP contribution in [0.25, 0.3) is 0 Å². The molecule has 4 rings (SSSR count). The van der Waals surface area contributed by atoms with Crippen molar-refractivity contribution in [2.24, 2.45) is 0 Å². The highest BCUT2D eigenvalue weighted by molar-refractivity contribution is 5.78. The Kier molecular flexibility index (Phi) is 7.93. The minimum atomic E-state index is -0.138. The fraction of sp³-hybridized carbons (Fsp3) is 0.708. The summed E-state index contributed by atoms with van der Waals surface area (Å²) in [5.74, 6) is -0.0121. The maximum absolute atomic E-state index is 13.9. The van der Waals surface area contributed by atoms with E-state index in [4.69, 9.17) is 4.74 Å². The lowest BCUT2D eigenvalue weighted by molar-refractivity contribution is -0.124. The second kappa shape index (κ2) is 10.9. The number of benzene rings is 1. The Hall–Kier alpha value is -1.54. The molecular weight excluding hydrogens is 395 g/mol. The van der Waals surface area contributed by atoms with E-state index in [1.54, 1.807) is 6.07 Å². The molecule has 2 heterocycles. The van der Waals surface area contributed by atoms with Crippen LogP contribution >= 0.6 is 0 Å². The Labute approximate surface area is 185 Å². The maximum Gasteiger partial charge on any atom is 0.234 e. The van der Waals surface area contributed by atoms with Crippen LogP contribution in [0.1, 0.15) is 37.7 Å². The number of carbonyl (C=O) groups is 1. The number of carbonyl (C=O) groups excluding carboxylic acids is 1. The highest BCUT2D eigenvalue weighted by Gasteiger charge is 2.38. The van der Waals surface area contributed by atoms with Crippen molar-refractivity contribution in [3.8, 4) is 0 Å². The molecule has 0 spiro atoms. The molecule has 172 valence electrons. The molecule has 0 atom stereocenters. The van der Waals surface area contributed by atoms with E-state index in [9.17, 15) is 9.18 Å². The van der Waals surface area contributed by atoms with Gasteiger partial charge >= 0.3 is 0 Å². The molecule has 1 aliphatic carbocycles. The monoisotopic (exact) mass is 432 g/mol. The van der Waals surface area contributed by atoms with Crippen molar-refractivity contribution in [1.82, 2.24) is 20.0 Å². The van der Waals surface area contributed by atoms with Crippen LogP contribution in [-0.4, -0.2) is 91.7 Å². The summed E-state index contributed by atoms with van der Waals surface area (Å²) in [7, 11) is 0. The van der Waals surface area contributed by atoms with Crippen LogP contribution in [0, 0.1) is 5.82 Å². The first-order valence-corrected chi connectivity index (χ1v) is 11.9. The lowest BCUT2D eigenvalue weighted by Crippen LogP contribution is -2.60. The number of amides is 1. The van der Waals surface area contributed by atoms with Gasteiger partial charge in [-0.1, -0.05) is 37.5 Å². The first kappa shape index (κ1) is 22.6. The van der Waals surface area contributed by atoms with Crippen LogP contribution in [0.15, 0.2) is 24.3 Å². The summed E-state index contributed by atoms with van der Waals surface area (Å²) in [5.41, 5.74) is 0.852. The molecule has 0 bridgehead atoms. The average Bonchev–Trinajstić information content (AvgIpc) is 2.82. The lowest BCUT2D eigenvalue weighted by Gasteiger charge is -2.48. The topological polar surface area (TPSA) is 48.1 Å². The van der Waals surface area contributed by atoms with Crippen molar-refractivity contribution in [3.63, 3.8) is 0 Å². The van der Waals surface area contributed by atoms with Crippen LogP contribution < -0.4 is 5.32 Å². The van der Waals surface area contributed by atoms with Crippen molar-refractivity contribution in [2.45, 2.75) is 44.2 Å². The number of rotatable bonds is 7. The first-order valence-electron chi connectivity index (χ1n) is 11.9. The third kappa shape index (κ3) is 6.04. The van der Waals surface area contributed by atoms with E-state index < -0.39 is 0 Å². The minimum absolute atomic E-state index is 0.107. The van der Waals surface area contributed by atoms with Crippen molar-refractivity contribution in [3.05, 3.63) is 35.6 Å². The normalized spacial score (nSPS) is 23.5. The summed E-state index contributed by atoms with van der Waals surface area (Å²) < 4.78 is 19.5. The Balaban J connectivity index is 1.22. The average molecular weight is 433 g/mol. The third-order valence-corrected chi connectivity index (χ3v) is 7.26. The van der Waals surface area contributed by atoms with Crippen molar-refractivity contribution in [1.29, 1.82) is 0 Å². The number of piperazine rings is 1. The zero-order chi connectivity index (χ0) is 21.5. The molecule has 7 heteroatoms. The largest absolute Gasteiger partial charge is 0.379 e. The van der Waals surface area contributed by atoms with Crippen LogP contribution in [0.3, 0.4) is 0 Å². The van der Waals surface area contributed by atoms with Gasteiger partial charge in [-0.2, -0.15) is 0 Å². The number of morpholine rings is 1. The summed E-state index contributed by atoms with van der Waals surface area (Å²) in [4.78, 5) is 19.8. The molecule has 0 unspecified atom stereocenters. The summed E-state index contributed by atoms with van der Waals surface area (Å²) in [5, 5.41) is 3.27. The van der Waals surface area contributed by atoms with Crippen LogP contribution in [-0.2, 0) is 16.1 Å². The van der Waals surface area contributed by atoms with Gasteiger partial charge < -0.3 is 10.1 Å². The summed E-state index contributed by atoms with van der Waals surface area (Å²) >= 11 is 0. The molecule has 2 aliphatic heterocycles. The van der Waals surface area contributed by atoms with E-state index in [0.717, 1.165) is 64.6 Å². The predicted octanol–water partition coefficient (Wildman–Crippen LogP) is 2.09. The third-order valence-electron chi connectivity index (χ3n) is 7.26. The first-order chi connectivity index (χ1) is 15.1. The molecule has 0 aromatic heterocycles. The van der Waals surface area contributed by atoms with E-state index in [-0.39, 0.29) is 17.3 Å². The molecular formula is C24H37FN4O2. The van der Waals surface area contributed by atoms with Gasteiger partial charge in [0.2, 0.25) is 5.91 Å². The highest BCUT2D eigenvalue weighted by atomic mass is 19.1. The smallest absolute Gasteiger partial charge is 0.234 e. The fourth-order valence-corrected chi connectivity index (χ4v) is 5.35. The molecule has 31 heavy (non-hydrogen) atoms. The van der Waals surface area contributed by atoms with Crippen molar-refractivity contribution in [2.75, 3.05) is 65.6 Å². The molecule has 3 fully saturated rings. The maximum atomic E-state index is 13.9. The SMILES string of the molecule is O=C(CN1CCN(Cc2ccccc2F)CC1)NCC1(N2CCOCC2)CCCCC1. The van der Waals surface area contributed by atoms with Gasteiger partial charge in [-0.25, -0.2) is 4.39 Å². The highest BCUT2D eigenvalue weighted by Crippen LogP contribution is 2.33. The number of nitrogens with one attached hydrogen (secondary N) is 1. The quantitative estimate of drug-likeness (QED) is 0.715. The molecule has 3 aliphatic rings. The van der Waals surface area contributed by atoms with E-state index in [1.807, 2.05) is 12.1 Å². The van der Waals surface area contributed by atoms with E-state index in [2.05, 4.69) is 20.0 Å². The number of halogens is 1. The number of hydrogen-bond acceptors (Lipinski definition) is 5. The number of ether oxygens (including phenoxy) is 1. The summed E-state index contributed by atoms with van der Waals surface area (Å²) in [6.07, 6.45) is 6.13. The second-order valence-electron chi connectivity index (χ2n) is 9.30. The standard InChI is InChI=1S/C24H37FN4O2/c25-22-7-3-2-6-21(22)18-27-10-12-28(13-11-27)19-23(30)26-20-24(8-4-1-5-9-24)29-14-16-31-17-15-29/h2-3,6-7H,1,4-5,8-20H2,(H,26,30). The van der Waals surface area contributed by atoms with Crippen molar-refractivity contribution < 1.29 is 13.9 Å². The lowest BCUT2D eigenvalue weighted by atomic mass is 9.79. The zero-order valence-electron chi connectivity index (χ0n) is 18.7. The van der Waals surface area contributed by atoms with Gasteiger partial charge in [0, 0.05) is 63.5 Å². The molecule has 1 saturated carbocycles. The van der Waals surface area contributed by atoms with Gasteiger partial charge in [0.05, 0.1) is 19.8 Å². The van der Waals surface area contributed by atoms with Gasteiger partial charge in [0.1, 0.15) is 5.82 Å². The molecule has 1 aromatic rings. The Morgan fingerprint density at radius 2 is 1.65 bits per heavy atom. The Morgan fingerprint density at radius 3 is 2.35 bits per heavy atom. The summed E-state index contributed by atoms with van der Waals surface area (Å²) in [6, 6.07) is 6.98. The van der Waals surface area contributed by atoms with Gasteiger partial charge in [0.25, 0.3) is 0 Å². The minimum Gasteiger partial charge on any atom is -0.379 e. The number of hydrogen-bond donors (Lipinski definition) is 1. The summed E-state index contributed by atoms with van der Waals surface area (Å²) in [6.45, 7) is 8.78. The Morgan fingerprint density at radius 1 is 0.968 bits per heavy atom. The molecule has 0 radical (unpaired) electrons. The van der Waals surface area contributed by atoms with Gasteiger partial charge in [0.15, 0.2) is 0 Å². The predicted molar refractivity (Wildman–Crippen MR) is 119 cm³/mol. The van der Waals surface area contributed by atoms with E-state index >= 15 is 0 Å². The van der Waals surface area contributed by atoms with Gasteiger partial charge in [-0.3, -0.25) is 19.5 Å². The molecule has 1 aromatic carbocycles. The van der Waals surface area contributed by atoms with E-state index in [0.29, 0.717) is 13.1 Å². The van der Waals surface area contributed by atoms with Crippen LogP contribution in [0.4, 0.5) is 4.39 Å². The molecule has 2 saturated heterocycles. The van der Waals surface area contributed by atoms with Crippen LogP contribution in [0.2, 0.25) is 0 Å². The molecule has 1 amide bonds. The van der Waals surface area contributed by atoms with E-state index in [1.165, 1.54) is 38.2 Å². The fourth-order valence-electron chi connectivity index (χ4n) is 5.35. The number of nitrogens with zero attached hydrogens (tertiary/aromatic N) is 3. The van der Waals surface area contributed by atoms with Crippen molar-refractivity contribution >= 4 is 5.91 Å².